The van der Waals surface area contributed by atoms with Crippen molar-refractivity contribution in [3.05, 3.63) is 30.1 Å². The Morgan fingerprint density at radius 3 is 3.00 bits per heavy atom. The highest BCUT2D eigenvalue weighted by atomic mass is 16.5. The number of rotatable bonds is 6. The fourth-order valence-electron chi connectivity index (χ4n) is 3.94. The number of nitrogens with zero attached hydrogens (tertiary/aromatic N) is 3. The molecule has 0 radical (unpaired) electrons. The molecule has 2 aliphatic heterocycles. The van der Waals surface area contributed by atoms with Crippen LogP contribution in [-0.2, 0) is 20.9 Å². The van der Waals surface area contributed by atoms with Gasteiger partial charge in [-0.1, -0.05) is 0 Å². The molecule has 3 rings (SSSR count). The maximum atomic E-state index is 12.5. The third kappa shape index (κ3) is 4.57. The number of ether oxygens (including phenoxy) is 2. The van der Waals surface area contributed by atoms with E-state index in [1.54, 1.807) is 12.4 Å². The second kappa shape index (κ2) is 8.25. The predicted molar refractivity (Wildman–Crippen MR) is 95.1 cm³/mol. The number of likely N-dealkylation sites (tertiary alicyclic amines) is 1. The summed E-state index contributed by atoms with van der Waals surface area (Å²) in [5, 5.41) is 0. The lowest BCUT2D eigenvalue weighted by Crippen LogP contribution is -2.58. The molecule has 0 aromatic carbocycles. The van der Waals surface area contributed by atoms with E-state index < -0.39 is 0 Å². The number of fused-ring (bicyclic) bond motifs is 1. The molecule has 0 N–H and O–H groups in total. The Hall–Kier alpha value is -1.50. The zero-order chi connectivity index (χ0) is 17.7. The summed E-state index contributed by atoms with van der Waals surface area (Å²) in [6.45, 7) is 4.00. The molecule has 25 heavy (non-hydrogen) atoms. The van der Waals surface area contributed by atoms with Crippen LogP contribution >= 0.6 is 0 Å². The average Bonchev–Trinajstić information content (AvgIpc) is 2.61. The first-order valence-electron chi connectivity index (χ1n) is 9.10. The van der Waals surface area contributed by atoms with E-state index in [1.807, 2.05) is 36.0 Å². The molecule has 2 atom stereocenters. The van der Waals surface area contributed by atoms with Gasteiger partial charge in [0.1, 0.15) is 0 Å². The molecule has 6 heteroatoms. The van der Waals surface area contributed by atoms with Gasteiger partial charge >= 0.3 is 0 Å². The highest BCUT2D eigenvalue weighted by Gasteiger charge is 2.47. The van der Waals surface area contributed by atoms with Gasteiger partial charge in [-0.3, -0.25) is 9.78 Å². The molecule has 6 nitrogen and oxygen atoms in total. The van der Waals surface area contributed by atoms with E-state index in [9.17, 15) is 4.79 Å². The number of amides is 1. The largest absolute Gasteiger partial charge is 0.377 e. The average molecular weight is 347 g/mol. The van der Waals surface area contributed by atoms with Crippen molar-refractivity contribution in [1.29, 1.82) is 0 Å². The summed E-state index contributed by atoms with van der Waals surface area (Å²) in [7, 11) is 3.87. The van der Waals surface area contributed by atoms with Crippen molar-refractivity contribution < 1.29 is 14.3 Å². The van der Waals surface area contributed by atoms with Gasteiger partial charge in [-0.25, -0.2) is 0 Å². The van der Waals surface area contributed by atoms with E-state index in [-0.39, 0.29) is 17.4 Å². The van der Waals surface area contributed by atoms with Crippen LogP contribution in [0.2, 0.25) is 0 Å². The summed E-state index contributed by atoms with van der Waals surface area (Å²) in [5.41, 5.74) is 1.04. The minimum atomic E-state index is -0.0779. The zero-order valence-electron chi connectivity index (χ0n) is 15.3. The fourth-order valence-corrected chi connectivity index (χ4v) is 3.94. The first-order chi connectivity index (χ1) is 12.1. The highest BCUT2D eigenvalue weighted by Crippen LogP contribution is 2.40. The second-order valence-electron chi connectivity index (χ2n) is 7.52. The van der Waals surface area contributed by atoms with Gasteiger partial charge in [-0.15, -0.1) is 0 Å². The number of likely N-dealkylation sites (N-methyl/N-ethyl adjacent to an activating group) is 1. The molecule has 138 valence electrons. The topological polar surface area (TPSA) is 54.9 Å². The smallest absolute Gasteiger partial charge is 0.236 e. The third-order valence-electron chi connectivity index (χ3n) is 5.20. The normalized spacial score (nSPS) is 26.5. The minimum absolute atomic E-state index is 0.0779. The molecule has 1 amide bonds. The predicted octanol–water partition coefficient (Wildman–Crippen LogP) is 1.56. The zero-order valence-corrected chi connectivity index (χ0v) is 15.3. The SMILES string of the molecule is CN(C)CC(=O)N1CCC2OCCCC2(COCc2ccncc2)C1. The first kappa shape index (κ1) is 18.3. The van der Waals surface area contributed by atoms with Crippen molar-refractivity contribution in [2.24, 2.45) is 5.41 Å². The van der Waals surface area contributed by atoms with Crippen molar-refractivity contribution in [2.75, 3.05) is 46.9 Å². The molecule has 2 aliphatic rings. The van der Waals surface area contributed by atoms with Crippen molar-refractivity contribution in [3.8, 4) is 0 Å². The lowest BCUT2D eigenvalue weighted by atomic mass is 9.73. The number of carbonyl (C=O) groups excluding carboxylic acids is 1. The maximum absolute atomic E-state index is 12.5. The number of piperidine rings is 1. The van der Waals surface area contributed by atoms with Crippen molar-refractivity contribution >= 4 is 5.91 Å². The van der Waals surface area contributed by atoms with E-state index >= 15 is 0 Å². The van der Waals surface area contributed by atoms with E-state index in [1.165, 1.54) is 0 Å². The van der Waals surface area contributed by atoms with Crippen LogP contribution in [0.1, 0.15) is 24.8 Å². The van der Waals surface area contributed by atoms with Crippen LogP contribution < -0.4 is 0 Å². The van der Waals surface area contributed by atoms with Gasteiger partial charge < -0.3 is 19.3 Å². The summed E-state index contributed by atoms with van der Waals surface area (Å²) >= 11 is 0. The number of aromatic nitrogens is 1. The highest BCUT2D eigenvalue weighted by molar-refractivity contribution is 5.78. The summed E-state index contributed by atoms with van der Waals surface area (Å²) in [5.74, 6) is 0.197. The van der Waals surface area contributed by atoms with E-state index in [2.05, 4.69) is 4.98 Å². The molecule has 1 aromatic heterocycles. The van der Waals surface area contributed by atoms with Gasteiger partial charge in [0.05, 0.1) is 25.9 Å². The fraction of sp³-hybridized carbons (Fsp3) is 0.684. The molecule has 2 saturated heterocycles. The summed E-state index contributed by atoms with van der Waals surface area (Å²) in [6.07, 6.45) is 6.75. The molecule has 0 saturated carbocycles. The van der Waals surface area contributed by atoms with Crippen LogP contribution in [0.3, 0.4) is 0 Å². The Morgan fingerprint density at radius 1 is 1.44 bits per heavy atom. The van der Waals surface area contributed by atoms with Gasteiger partial charge in [-0.05, 0) is 51.1 Å². The van der Waals surface area contributed by atoms with Crippen LogP contribution in [0.5, 0.6) is 0 Å². The molecule has 0 spiro atoms. The molecule has 0 aliphatic carbocycles. The van der Waals surface area contributed by atoms with E-state index in [0.29, 0.717) is 19.8 Å². The third-order valence-corrected chi connectivity index (χ3v) is 5.20. The minimum Gasteiger partial charge on any atom is -0.377 e. The number of hydrogen-bond acceptors (Lipinski definition) is 5. The number of hydrogen-bond donors (Lipinski definition) is 0. The number of pyridine rings is 1. The monoisotopic (exact) mass is 347 g/mol. The second-order valence-corrected chi connectivity index (χ2v) is 7.52. The van der Waals surface area contributed by atoms with Gasteiger partial charge in [0.2, 0.25) is 5.91 Å². The van der Waals surface area contributed by atoms with Gasteiger partial charge in [0.15, 0.2) is 0 Å². The van der Waals surface area contributed by atoms with E-state index in [0.717, 1.165) is 44.5 Å². The quantitative estimate of drug-likeness (QED) is 0.782. The Bertz CT molecular complexity index is 566. The molecule has 3 heterocycles. The van der Waals surface area contributed by atoms with Crippen molar-refractivity contribution in [1.82, 2.24) is 14.8 Å². The van der Waals surface area contributed by atoms with Crippen LogP contribution in [0.4, 0.5) is 0 Å². The summed E-state index contributed by atoms with van der Waals surface area (Å²) < 4.78 is 12.1. The lowest BCUT2D eigenvalue weighted by molar-refractivity contribution is -0.166. The molecule has 0 bridgehead atoms. The standard InChI is InChI=1S/C19H29N3O3/c1-21(2)12-18(23)22-10-6-17-19(14-22,7-3-11-25-17)15-24-13-16-4-8-20-9-5-16/h4-5,8-9,17H,3,6-7,10-15H2,1-2H3. The maximum Gasteiger partial charge on any atom is 0.236 e. The Labute approximate surface area is 150 Å². The van der Waals surface area contributed by atoms with Crippen LogP contribution in [-0.4, -0.2) is 73.7 Å². The van der Waals surface area contributed by atoms with Gasteiger partial charge in [0, 0.05) is 37.5 Å². The molecule has 1 aromatic rings. The summed E-state index contributed by atoms with van der Waals surface area (Å²) in [4.78, 5) is 20.5. The number of carbonyl (C=O) groups is 1. The van der Waals surface area contributed by atoms with E-state index in [4.69, 9.17) is 9.47 Å². The molecular formula is C19H29N3O3. The summed E-state index contributed by atoms with van der Waals surface area (Å²) in [6, 6.07) is 3.95. The van der Waals surface area contributed by atoms with Gasteiger partial charge in [-0.2, -0.15) is 0 Å². The first-order valence-corrected chi connectivity index (χ1v) is 9.10. The Kier molecular flexibility index (Phi) is 6.04. The van der Waals surface area contributed by atoms with Crippen molar-refractivity contribution in [3.63, 3.8) is 0 Å². The van der Waals surface area contributed by atoms with Crippen molar-refractivity contribution in [2.45, 2.75) is 32.0 Å². The lowest BCUT2D eigenvalue weighted by Gasteiger charge is -2.50. The Morgan fingerprint density at radius 2 is 2.24 bits per heavy atom. The Balaban J connectivity index is 1.63. The molecular weight excluding hydrogens is 318 g/mol. The van der Waals surface area contributed by atoms with Crippen LogP contribution in [0.25, 0.3) is 0 Å². The van der Waals surface area contributed by atoms with Gasteiger partial charge in [0.25, 0.3) is 0 Å². The van der Waals surface area contributed by atoms with Crippen LogP contribution in [0.15, 0.2) is 24.5 Å². The van der Waals surface area contributed by atoms with Crippen LogP contribution in [0, 0.1) is 5.41 Å². The molecule has 2 unspecified atom stereocenters. The molecule has 2 fully saturated rings.